The van der Waals surface area contributed by atoms with Crippen molar-refractivity contribution in [2.24, 2.45) is 0 Å². The van der Waals surface area contributed by atoms with Crippen molar-refractivity contribution in [1.82, 2.24) is 9.97 Å². The number of hydrogen-bond acceptors (Lipinski definition) is 5. The van der Waals surface area contributed by atoms with E-state index in [1.54, 1.807) is 7.11 Å². The third-order valence-electron chi connectivity index (χ3n) is 2.43. The lowest BCUT2D eigenvalue weighted by Crippen LogP contribution is -2.32. The topological polar surface area (TPSA) is 64.3 Å². The fourth-order valence-electron chi connectivity index (χ4n) is 1.72. The lowest BCUT2D eigenvalue weighted by Gasteiger charge is -2.27. The maximum Gasteiger partial charge on any atom is 0.158 e. The molecule has 0 radical (unpaired) electrons. The Kier molecular flexibility index (Phi) is 5.15. The van der Waals surface area contributed by atoms with Gasteiger partial charge in [-0.15, -0.1) is 0 Å². The minimum Gasteiger partial charge on any atom is -0.384 e. The van der Waals surface area contributed by atoms with Crippen molar-refractivity contribution in [3.63, 3.8) is 0 Å². The quantitative estimate of drug-likeness (QED) is 0.819. The van der Waals surface area contributed by atoms with Gasteiger partial charge in [0.15, 0.2) is 5.82 Å². The second-order valence-electron chi connectivity index (χ2n) is 4.29. The average molecular weight is 238 g/mol. The molecule has 0 amide bonds. The summed E-state index contributed by atoms with van der Waals surface area (Å²) < 4.78 is 5.04. The van der Waals surface area contributed by atoms with E-state index >= 15 is 0 Å². The highest BCUT2D eigenvalue weighted by molar-refractivity contribution is 5.47. The van der Waals surface area contributed by atoms with Crippen molar-refractivity contribution in [2.75, 3.05) is 24.3 Å². The van der Waals surface area contributed by atoms with Crippen molar-refractivity contribution in [3.05, 3.63) is 11.9 Å². The van der Waals surface area contributed by atoms with Crippen molar-refractivity contribution in [1.29, 1.82) is 0 Å². The number of aromatic nitrogens is 2. The first-order valence-corrected chi connectivity index (χ1v) is 5.97. The molecule has 0 spiro atoms. The summed E-state index contributed by atoms with van der Waals surface area (Å²) in [6.07, 6.45) is 1.07. The Bertz CT molecular complexity index is 354. The fourth-order valence-corrected chi connectivity index (χ4v) is 1.72. The van der Waals surface area contributed by atoms with Crippen LogP contribution in [0.4, 0.5) is 11.6 Å². The summed E-state index contributed by atoms with van der Waals surface area (Å²) in [7, 11) is 1.62. The largest absolute Gasteiger partial charge is 0.384 e. The van der Waals surface area contributed by atoms with Gasteiger partial charge in [0, 0.05) is 25.8 Å². The lowest BCUT2D eigenvalue weighted by molar-refractivity contribution is 0.178. The van der Waals surface area contributed by atoms with Crippen molar-refractivity contribution >= 4 is 11.6 Å². The van der Waals surface area contributed by atoms with Crippen LogP contribution in [0.15, 0.2) is 6.07 Å². The van der Waals surface area contributed by atoms with Crippen LogP contribution in [0, 0.1) is 0 Å². The second-order valence-corrected chi connectivity index (χ2v) is 4.29. The Morgan fingerprint density at radius 2 is 2.12 bits per heavy atom. The molecule has 17 heavy (non-hydrogen) atoms. The van der Waals surface area contributed by atoms with Crippen LogP contribution in [-0.2, 0) is 11.3 Å². The van der Waals surface area contributed by atoms with Gasteiger partial charge in [0.25, 0.3) is 0 Å². The zero-order valence-electron chi connectivity index (χ0n) is 11.1. The minimum atomic E-state index is 0.385. The molecular formula is C12H22N4O. The highest BCUT2D eigenvalue weighted by atomic mass is 16.5. The number of nitrogens with two attached hydrogens (primary N) is 1. The monoisotopic (exact) mass is 238 g/mol. The highest BCUT2D eigenvalue weighted by Gasteiger charge is 2.13. The van der Waals surface area contributed by atoms with E-state index in [1.807, 2.05) is 6.07 Å². The molecule has 0 unspecified atom stereocenters. The molecule has 0 fully saturated rings. The van der Waals surface area contributed by atoms with Crippen LogP contribution in [0.1, 0.15) is 33.0 Å². The molecule has 0 aliphatic carbocycles. The summed E-state index contributed by atoms with van der Waals surface area (Å²) >= 11 is 0. The van der Waals surface area contributed by atoms with Crippen LogP contribution in [0.5, 0.6) is 0 Å². The van der Waals surface area contributed by atoms with Crippen LogP contribution in [-0.4, -0.2) is 29.7 Å². The number of nitrogens with zero attached hydrogens (tertiary/aromatic N) is 3. The fraction of sp³-hybridized carbons (Fsp3) is 0.667. The Balaban J connectivity index is 3.00. The van der Waals surface area contributed by atoms with Crippen LogP contribution < -0.4 is 10.6 Å². The zero-order valence-corrected chi connectivity index (χ0v) is 11.1. The molecule has 0 aliphatic heterocycles. The van der Waals surface area contributed by atoms with E-state index < -0.39 is 0 Å². The van der Waals surface area contributed by atoms with Crippen LogP contribution in [0.25, 0.3) is 0 Å². The van der Waals surface area contributed by atoms with E-state index in [4.69, 9.17) is 10.5 Å². The molecule has 1 aromatic heterocycles. The van der Waals surface area contributed by atoms with Gasteiger partial charge in [0.2, 0.25) is 0 Å². The smallest absolute Gasteiger partial charge is 0.158 e. The summed E-state index contributed by atoms with van der Waals surface area (Å²) in [5, 5.41) is 0. The predicted molar refractivity (Wildman–Crippen MR) is 69.9 cm³/mol. The second kappa shape index (κ2) is 6.39. The van der Waals surface area contributed by atoms with Gasteiger partial charge in [-0.3, -0.25) is 0 Å². The maximum absolute atomic E-state index is 5.79. The first-order chi connectivity index (χ1) is 8.08. The van der Waals surface area contributed by atoms with E-state index in [-0.39, 0.29) is 0 Å². The SMILES string of the molecule is CCCN(c1cc(N)nc(COC)n1)C(C)C. The molecule has 5 heteroatoms. The van der Waals surface area contributed by atoms with E-state index in [9.17, 15) is 0 Å². The summed E-state index contributed by atoms with van der Waals surface area (Å²) in [6.45, 7) is 7.78. The van der Waals surface area contributed by atoms with Gasteiger partial charge in [-0.1, -0.05) is 6.92 Å². The number of hydrogen-bond donors (Lipinski definition) is 1. The standard InChI is InChI=1S/C12H22N4O/c1-5-6-16(9(2)3)12-7-10(13)14-11(15-12)8-17-4/h7,9H,5-6,8H2,1-4H3,(H2,13,14,15). The van der Waals surface area contributed by atoms with Gasteiger partial charge >= 0.3 is 0 Å². The van der Waals surface area contributed by atoms with Gasteiger partial charge in [-0.05, 0) is 20.3 Å². The first-order valence-electron chi connectivity index (χ1n) is 5.97. The molecule has 0 aliphatic rings. The molecule has 5 nitrogen and oxygen atoms in total. The molecule has 0 bridgehead atoms. The van der Waals surface area contributed by atoms with Crippen LogP contribution in [0.3, 0.4) is 0 Å². The highest BCUT2D eigenvalue weighted by Crippen LogP contribution is 2.17. The molecule has 2 N–H and O–H groups in total. The molecule has 1 rings (SSSR count). The number of rotatable bonds is 6. The molecule has 0 aromatic carbocycles. The molecule has 1 heterocycles. The third-order valence-corrected chi connectivity index (χ3v) is 2.43. The van der Waals surface area contributed by atoms with E-state index in [1.165, 1.54) is 0 Å². The average Bonchev–Trinajstić information content (AvgIpc) is 2.25. The normalized spacial score (nSPS) is 10.9. The Labute approximate surface area is 103 Å². The maximum atomic E-state index is 5.79. The number of nitrogen functional groups attached to an aromatic ring is 1. The zero-order chi connectivity index (χ0) is 12.8. The van der Waals surface area contributed by atoms with E-state index in [0.29, 0.717) is 24.3 Å². The Hall–Kier alpha value is -1.36. The lowest BCUT2D eigenvalue weighted by atomic mass is 10.3. The van der Waals surface area contributed by atoms with Crippen molar-refractivity contribution in [3.8, 4) is 0 Å². The summed E-state index contributed by atoms with van der Waals surface area (Å²) in [6, 6.07) is 2.20. The van der Waals surface area contributed by atoms with Gasteiger partial charge < -0.3 is 15.4 Å². The summed E-state index contributed by atoms with van der Waals surface area (Å²) in [4.78, 5) is 10.8. The van der Waals surface area contributed by atoms with Crippen molar-refractivity contribution in [2.45, 2.75) is 39.8 Å². The summed E-state index contributed by atoms with van der Waals surface area (Å²) in [5.41, 5.74) is 5.79. The third kappa shape index (κ3) is 3.85. The molecule has 0 saturated heterocycles. The van der Waals surface area contributed by atoms with Gasteiger partial charge in [-0.25, -0.2) is 9.97 Å². The Morgan fingerprint density at radius 1 is 1.41 bits per heavy atom. The Morgan fingerprint density at radius 3 is 2.65 bits per heavy atom. The van der Waals surface area contributed by atoms with Crippen molar-refractivity contribution < 1.29 is 4.74 Å². The van der Waals surface area contributed by atoms with Gasteiger partial charge in [0.1, 0.15) is 18.2 Å². The van der Waals surface area contributed by atoms with Crippen LogP contribution >= 0.6 is 0 Å². The molecule has 96 valence electrons. The molecule has 0 atom stereocenters. The predicted octanol–water partition coefficient (Wildman–Crippen LogP) is 1.83. The molecular weight excluding hydrogens is 216 g/mol. The number of methoxy groups -OCH3 is 1. The number of ether oxygens (including phenoxy) is 1. The van der Waals surface area contributed by atoms with Crippen LogP contribution in [0.2, 0.25) is 0 Å². The van der Waals surface area contributed by atoms with E-state index in [0.717, 1.165) is 18.8 Å². The van der Waals surface area contributed by atoms with Gasteiger partial charge in [-0.2, -0.15) is 0 Å². The first kappa shape index (κ1) is 13.7. The number of anilines is 2. The minimum absolute atomic E-state index is 0.385. The van der Waals surface area contributed by atoms with E-state index in [2.05, 4.69) is 35.6 Å². The summed E-state index contributed by atoms with van der Waals surface area (Å²) in [5.74, 6) is 1.99. The molecule has 0 saturated carbocycles. The van der Waals surface area contributed by atoms with Gasteiger partial charge in [0.05, 0.1) is 0 Å². The molecule has 1 aromatic rings.